The van der Waals surface area contributed by atoms with Gasteiger partial charge in [0, 0.05) is 21.1 Å². The van der Waals surface area contributed by atoms with E-state index in [2.05, 4.69) is 15.9 Å². The number of halogens is 2. The molecule has 0 aliphatic rings. The number of rotatable bonds is 4. The van der Waals surface area contributed by atoms with E-state index in [1.807, 2.05) is 0 Å². The summed E-state index contributed by atoms with van der Waals surface area (Å²) < 4.78 is 6.07. The molecule has 0 aliphatic carbocycles. The summed E-state index contributed by atoms with van der Waals surface area (Å²) in [5, 5.41) is 9.93. The largest absolute Gasteiger partial charge is 0.479 e. The van der Waals surface area contributed by atoms with Crippen LogP contribution >= 0.6 is 27.5 Å². The molecule has 5 nitrogen and oxygen atoms in total. The van der Waals surface area contributed by atoms with Crippen molar-refractivity contribution >= 4 is 39.6 Å². The first kappa shape index (κ1) is 19.8. The highest BCUT2D eigenvalue weighted by Gasteiger charge is 2.37. The molecule has 1 unspecified atom stereocenters. The molecule has 1 atom stereocenters. The molecule has 7 heteroatoms. The van der Waals surface area contributed by atoms with Crippen LogP contribution in [0.15, 0.2) is 22.7 Å². The van der Waals surface area contributed by atoms with Crippen molar-refractivity contribution in [2.75, 3.05) is 0 Å². The number of hydrogen-bond donors (Lipinski definition) is 1. The molecule has 0 radical (unpaired) electrons. The molecule has 0 heterocycles. The van der Waals surface area contributed by atoms with Gasteiger partial charge >= 0.3 is 12.1 Å². The van der Waals surface area contributed by atoms with Gasteiger partial charge in [-0.2, -0.15) is 0 Å². The molecule has 0 saturated carbocycles. The Balaban J connectivity index is 3.33. The van der Waals surface area contributed by atoms with Crippen molar-refractivity contribution in [3.05, 3.63) is 33.3 Å². The maximum Gasteiger partial charge on any atom is 0.411 e. The minimum absolute atomic E-state index is 0.265. The van der Waals surface area contributed by atoms with E-state index in [9.17, 15) is 14.7 Å². The predicted octanol–water partition coefficient (Wildman–Crippen LogP) is 4.87. The van der Waals surface area contributed by atoms with E-state index in [-0.39, 0.29) is 11.1 Å². The summed E-state index contributed by atoms with van der Waals surface area (Å²) in [6, 6.07) is 3.26. The molecule has 1 amide bonds. The van der Waals surface area contributed by atoms with Crippen molar-refractivity contribution in [3.63, 3.8) is 0 Å². The van der Waals surface area contributed by atoms with Crippen LogP contribution in [0.1, 0.15) is 46.2 Å². The summed E-state index contributed by atoms with van der Waals surface area (Å²) in [7, 11) is 0. The van der Waals surface area contributed by atoms with Crippen LogP contribution in [0.3, 0.4) is 0 Å². The van der Waals surface area contributed by atoms with Gasteiger partial charge in [-0.05, 0) is 46.8 Å². The highest BCUT2D eigenvalue weighted by molar-refractivity contribution is 9.10. The monoisotopic (exact) mass is 405 g/mol. The molecule has 1 rings (SSSR count). The Morgan fingerprint density at radius 1 is 1.30 bits per heavy atom. The number of hydrogen-bond acceptors (Lipinski definition) is 3. The minimum atomic E-state index is -1.23. The Morgan fingerprint density at radius 3 is 2.26 bits per heavy atom. The van der Waals surface area contributed by atoms with Crippen molar-refractivity contribution in [3.8, 4) is 0 Å². The van der Waals surface area contributed by atoms with E-state index in [0.29, 0.717) is 5.56 Å². The van der Waals surface area contributed by atoms with E-state index < -0.39 is 23.7 Å². The van der Waals surface area contributed by atoms with E-state index in [0.717, 1.165) is 4.47 Å². The van der Waals surface area contributed by atoms with Gasteiger partial charge in [-0.3, -0.25) is 4.90 Å². The number of ether oxygens (including phenoxy) is 1. The van der Waals surface area contributed by atoms with E-state index in [1.165, 1.54) is 4.90 Å². The third kappa shape index (κ3) is 5.39. The zero-order valence-electron chi connectivity index (χ0n) is 13.8. The molecule has 0 spiro atoms. The molecule has 0 bridgehead atoms. The Bertz CT molecular complexity index is 598. The maximum atomic E-state index is 12.5. The van der Waals surface area contributed by atoms with Gasteiger partial charge in [0.05, 0.1) is 0 Å². The van der Waals surface area contributed by atoms with Crippen molar-refractivity contribution in [1.82, 2.24) is 4.90 Å². The highest BCUT2D eigenvalue weighted by Crippen LogP contribution is 2.32. The van der Waals surface area contributed by atoms with Crippen LogP contribution in [0.25, 0.3) is 0 Å². The summed E-state index contributed by atoms with van der Waals surface area (Å²) in [5.74, 6) is -1.17. The third-order valence-electron chi connectivity index (χ3n) is 2.93. The molecule has 0 aliphatic heterocycles. The van der Waals surface area contributed by atoms with Crippen molar-refractivity contribution in [2.45, 2.75) is 52.3 Å². The summed E-state index contributed by atoms with van der Waals surface area (Å²) >= 11 is 9.46. The number of aliphatic carboxylic acids is 1. The zero-order chi connectivity index (χ0) is 17.9. The number of benzene rings is 1. The first-order valence-corrected chi connectivity index (χ1v) is 8.30. The fourth-order valence-electron chi connectivity index (χ4n) is 2.05. The quantitative estimate of drug-likeness (QED) is 0.774. The second-order valence-corrected chi connectivity index (χ2v) is 7.71. The minimum Gasteiger partial charge on any atom is -0.479 e. The molecule has 1 aromatic carbocycles. The molecule has 128 valence electrons. The Kier molecular flexibility index (Phi) is 6.48. The smallest absolute Gasteiger partial charge is 0.411 e. The van der Waals surface area contributed by atoms with Gasteiger partial charge < -0.3 is 9.84 Å². The van der Waals surface area contributed by atoms with Crippen molar-refractivity contribution in [1.29, 1.82) is 0 Å². The summed E-state index contributed by atoms with van der Waals surface area (Å²) in [4.78, 5) is 25.5. The molecule has 1 aromatic rings. The van der Waals surface area contributed by atoms with Gasteiger partial charge in [0.2, 0.25) is 0 Å². The first-order chi connectivity index (χ1) is 10.4. The Labute approximate surface area is 149 Å². The normalized spacial score (nSPS) is 12.9. The molecular weight excluding hydrogens is 386 g/mol. The van der Waals surface area contributed by atoms with Gasteiger partial charge in [0.1, 0.15) is 5.60 Å². The van der Waals surface area contributed by atoms with Crippen LogP contribution < -0.4 is 0 Å². The van der Waals surface area contributed by atoms with Crippen LogP contribution in [-0.2, 0) is 9.53 Å². The highest BCUT2D eigenvalue weighted by atomic mass is 79.9. The molecule has 0 saturated heterocycles. The predicted molar refractivity (Wildman–Crippen MR) is 92.7 cm³/mol. The van der Waals surface area contributed by atoms with Crippen LogP contribution in [0.4, 0.5) is 4.79 Å². The molecular formula is C16H21BrClNO4. The van der Waals surface area contributed by atoms with Crippen molar-refractivity contribution < 1.29 is 19.4 Å². The summed E-state index contributed by atoms with van der Waals surface area (Å²) in [6.07, 6.45) is -0.695. The van der Waals surface area contributed by atoms with E-state index in [1.54, 1.807) is 52.8 Å². The van der Waals surface area contributed by atoms with Gasteiger partial charge in [-0.25, -0.2) is 9.59 Å². The van der Waals surface area contributed by atoms with Crippen LogP contribution in [0.2, 0.25) is 5.02 Å². The fraction of sp³-hybridized carbons (Fsp3) is 0.500. The standard InChI is InChI=1S/C16H21BrClNO4/c1-9(2)19(15(22)23-16(3,4)5)13(14(20)21)11-7-6-10(17)8-12(11)18/h6-9,13H,1-5H3,(H,20,21). The van der Waals surface area contributed by atoms with Gasteiger partial charge in [0.25, 0.3) is 0 Å². The second kappa shape index (κ2) is 7.53. The lowest BCUT2D eigenvalue weighted by Gasteiger charge is -2.34. The number of carbonyl (C=O) groups excluding carboxylic acids is 1. The lowest BCUT2D eigenvalue weighted by molar-refractivity contribution is -0.144. The number of carbonyl (C=O) groups is 2. The molecule has 23 heavy (non-hydrogen) atoms. The van der Waals surface area contributed by atoms with E-state index >= 15 is 0 Å². The van der Waals surface area contributed by atoms with Gasteiger partial charge in [0.15, 0.2) is 6.04 Å². The number of nitrogens with zero attached hydrogens (tertiary/aromatic N) is 1. The van der Waals surface area contributed by atoms with Crippen LogP contribution in [0.5, 0.6) is 0 Å². The van der Waals surface area contributed by atoms with Crippen LogP contribution in [0, 0.1) is 0 Å². The Morgan fingerprint density at radius 2 is 1.87 bits per heavy atom. The second-order valence-electron chi connectivity index (χ2n) is 6.39. The van der Waals surface area contributed by atoms with Crippen LogP contribution in [-0.4, -0.2) is 33.7 Å². The number of carboxylic acids is 1. The molecule has 1 N–H and O–H groups in total. The lowest BCUT2D eigenvalue weighted by Crippen LogP contribution is -2.46. The van der Waals surface area contributed by atoms with E-state index in [4.69, 9.17) is 16.3 Å². The Hall–Kier alpha value is -1.27. The number of carboxylic acid groups (broad SMARTS) is 1. The average molecular weight is 407 g/mol. The van der Waals surface area contributed by atoms with Gasteiger partial charge in [-0.1, -0.05) is 33.6 Å². The molecule has 0 aromatic heterocycles. The molecule has 0 fully saturated rings. The average Bonchev–Trinajstić information content (AvgIpc) is 2.33. The van der Waals surface area contributed by atoms with Gasteiger partial charge in [-0.15, -0.1) is 0 Å². The topological polar surface area (TPSA) is 66.8 Å². The summed E-state index contributed by atoms with van der Waals surface area (Å²) in [5.41, 5.74) is -0.390. The fourth-order valence-corrected chi connectivity index (χ4v) is 2.83. The maximum absolute atomic E-state index is 12.5. The third-order valence-corrected chi connectivity index (χ3v) is 3.75. The SMILES string of the molecule is CC(C)N(C(=O)OC(C)(C)C)C(C(=O)O)c1ccc(Br)cc1Cl. The first-order valence-electron chi connectivity index (χ1n) is 7.13. The summed E-state index contributed by atoms with van der Waals surface area (Å²) in [6.45, 7) is 8.64. The number of amides is 1. The lowest BCUT2D eigenvalue weighted by atomic mass is 10.0. The van der Waals surface area contributed by atoms with Crippen molar-refractivity contribution in [2.24, 2.45) is 0 Å². The zero-order valence-corrected chi connectivity index (χ0v) is 16.1.